The number of carbonyl (C=O) groups is 2. The number of ketones is 1. The van der Waals surface area contributed by atoms with Crippen molar-refractivity contribution in [1.29, 1.82) is 0 Å². The summed E-state index contributed by atoms with van der Waals surface area (Å²) in [5.41, 5.74) is 0.253. The van der Waals surface area contributed by atoms with Gasteiger partial charge in [-0.25, -0.2) is 0 Å². The second kappa shape index (κ2) is 8.62. The molecule has 5 heteroatoms. The second-order valence-electron chi connectivity index (χ2n) is 6.09. The molecule has 0 fully saturated rings. The maximum absolute atomic E-state index is 12.4. The van der Waals surface area contributed by atoms with Crippen LogP contribution in [0, 0.1) is 0 Å². The Kier molecular flexibility index (Phi) is 6.53. The lowest BCUT2D eigenvalue weighted by Gasteiger charge is -2.38. The van der Waals surface area contributed by atoms with E-state index in [2.05, 4.69) is 12.2 Å². The lowest BCUT2D eigenvalue weighted by atomic mass is 9.89. The number of amides is 1. The van der Waals surface area contributed by atoms with Gasteiger partial charge in [0.2, 0.25) is 0 Å². The van der Waals surface area contributed by atoms with Crippen LogP contribution in [0.15, 0.2) is 53.6 Å². The Morgan fingerprint density at radius 1 is 1.12 bits per heavy atom. The molecule has 0 unspecified atom stereocenters. The lowest BCUT2D eigenvalue weighted by Crippen LogP contribution is -2.55. The van der Waals surface area contributed by atoms with Gasteiger partial charge in [0.05, 0.1) is 6.61 Å². The van der Waals surface area contributed by atoms with Gasteiger partial charge in [-0.2, -0.15) is 0 Å². The molecule has 0 saturated heterocycles. The van der Waals surface area contributed by atoms with E-state index in [4.69, 9.17) is 9.47 Å². The summed E-state index contributed by atoms with van der Waals surface area (Å²) >= 11 is 0. The van der Waals surface area contributed by atoms with Crippen molar-refractivity contribution >= 4 is 11.7 Å². The first-order chi connectivity index (χ1) is 12.0. The molecule has 1 amide bonds. The first-order valence-electron chi connectivity index (χ1n) is 8.52. The number of rotatable bonds is 8. The standard InChI is InChI=1S/C20H25NO4/c1-4-5-11-25-20(15(2)12-17(22)13-16(20)3)21-19(23)14-24-18-9-7-6-8-10-18/h6-10,12-13H,4-5,11,14H2,1-3H3,(H,21,23). The van der Waals surface area contributed by atoms with Crippen LogP contribution in [0.25, 0.3) is 0 Å². The van der Waals surface area contributed by atoms with Gasteiger partial charge in [0.15, 0.2) is 18.1 Å². The summed E-state index contributed by atoms with van der Waals surface area (Å²) in [6, 6.07) is 9.14. The molecule has 2 rings (SSSR count). The van der Waals surface area contributed by atoms with E-state index in [0.717, 1.165) is 12.8 Å². The predicted molar refractivity (Wildman–Crippen MR) is 96.2 cm³/mol. The molecule has 1 aromatic carbocycles. The van der Waals surface area contributed by atoms with Crippen molar-refractivity contribution in [2.45, 2.75) is 39.3 Å². The molecule has 25 heavy (non-hydrogen) atoms. The molecule has 0 atom stereocenters. The molecule has 0 aliphatic heterocycles. The Morgan fingerprint density at radius 3 is 2.36 bits per heavy atom. The SMILES string of the molecule is CCCCOC1(NC(=O)COc2ccccc2)C(C)=CC(=O)C=C1C. The molecule has 0 heterocycles. The van der Waals surface area contributed by atoms with Crippen LogP contribution in [-0.4, -0.2) is 30.6 Å². The van der Waals surface area contributed by atoms with E-state index in [1.807, 2.05) is 18.2 Å². The molecule has 1 aromatic rings. The first kappa shape index (κ1) is 18.9. The van der Waals surface area contributed by atoms with Gasteiger partial charge in [0, 0.05) is 0 Å². The number of hydrogen-bond acceptors (Lipinski definition) is 4. The van der Waals surface area contributed by atoms with Crippen molar-refractivity contribution in [1.82, 2.24) is 5.32 Å². The minimum Gasteiger partial charge on any atom is -0.484 e. The predicted octanol–water partition coefficient (Wildman–Crippen LogP) is 3.17. The highest BCUT2D eigenvalue weighted by atomic mass is 16.5. The van der Waals surface area contributed by atoms with Gasteiger partial charge in [-0.15, -0.1) is 0 Å². The maximum Gasteiger partial charge on any atom is 0.260 e. The zero-order chi connectivity index (χ0) is 18.3. The van der Waals surface area contributed by atoms with Crippen molar-refractivity contribution in [3.05, 3.63) is 53.6 Å². The summed E-state index contributed by atoms with van der Waals surface area (Å²) in [7, 11) is 0. The molecule has 1 aliphatic rings. The molecule has 0 radical (unpaired) electrons. The Bertz CT molecular complexity index is 654. The van der Waals surface area contributed by atoms with Gasteiger partial charge >= 0.3 is 0 Å². The average molecular weight is 343 g/mol. The minimum absolute atomic E-state index is 0.0977. The third-order valence-corrected chi connectivity index (χ3v) is 4.07. The third kappa shape index (κ3) is 4.79. The van der Waals surface area contributed by atoms with Crippen LogP contribution < -0.4 is 10.1 Å². The zero-order valence-corrected chi connectivity index (χ0v) is 15.0. The van der Waals surface area contributed by atoms with E-state index >= 15 is 0 Å². The van der Waals surface area contributed by atoms with E-state index in [-0.39, 0.29) is 18.3 Å². The van der Waals surface area contributed by atoms with Gasteiger partial charge < -0.3 is 14.8 Å². The molecule has 1 N–H and O–H groups in total. The number of ether oxygens (including phenoxy) is 2. The van der Waals surface area contributed by atoms with Gasteiger partial charge in [0.1, 0.15) is 5.75 Å². The van der Waals surface area contributed by atoms with Crippen LogP contribution in [-0.2, 0) is 14.3 Å². The molecule has 134 valence electrons. The fourth-order valence-corrected chi connectivity index (χ4v) is 2.71. The number of allylic oxidation sites excluding steroid dienone is 2. The average Bonchev–Trinajstić information content (AvgIpc) is 2.58. The highest BCUT2D eigenvalue weighted by Crippen LogP contribution is 2.31. The number of para-hydroxylation sites is 1. The smallest absolute Gasteiger partial charge is 0.260 e. The summed E-state index contributed by atoms with van der Waals surface area (Å²) in [6.45, 7) is 6.01. The van der Waals surface area contributed by atoms with E-state index in [1.54, 1.807) is 26.0 Å². The maximum atomic E-state index is 12.4. The van der Waals surface area contributed by atoms with Gasteiger partial charge in [-0.05, 0) is 55.7 Å². The topological polar surface area (TPSA) is 64.6 Å². The molecular formula is C20H25NO4. The van der Waals surface area contributed by atoms with Gasteiger partial charge in [0.25, 0.3) is 5.91 Å². The van der Waals surface area contributed by atoms with Crippen molar-refractivity contribution in [2.24, 2.45) is 0 Å². The van der Waals surface area contributed by atoms with Crippen LogP contribution in [0.2, 0.25) is 0 Å². The lowest BCUT2D eigenvalue weighted by molar-refractivity contribution is -0.131. The van der Waals surface area contributed by atoms with E-state index in [9.17, 15) is 9.59 Å². The Balaban J connectivity index is 2.10. The summed E-state index contributed by atoms with van der Waals surface area (Å²) in [6.07, 6.45) is 4.84. The second-order valence-corrected chi connectivity index (χ2v) is 6.09. The highest BCUT2D eigenvalue weighted by molar-refractivity contribution is 6.02. The number of nitrogens with one attached hydrogen (secondary N) is 1. The minimum atomic E-state index is -1.08. The van der Waals surface area contributed by atoms with Crippen LogP contribution in [0.3, 0.4) is 0 Å². The highest BCUT2D eigenvalue weighted by Gasteiger charge is 2.39. The van der Waals surface area contributed by atoms with Crippen molar-refractivity contribution in [2.75, 3.05) is 13.2 Å². The van der Waals surface area contributed by atoms with E-state index < -0.39 is 5.72 Å². The fraction of sp³-hybridized carbons (Fsp3) is 0.400. The molecule has 1 aliphatic carbocycles. The van der Waals surface area contributed by atoms with Crippen LogP contribution >= 0.6 is 0 Å². The monoisotopic (exact) mass is 343 g/mol. The Labute approximate surface area is 148 Å². The van der Waals surface area contributed by atoms with E-state index in [1.165, 1.54) is 12.2 Å². The Hall–Kier alpha value is -2.40. The van der Waals surface area contributed by atoms with E-state index in [0.29, 0.717) is 23.5 Å². The molecule has 0 saturated carbocycles. The molecule has 0 spiro atoms. The quantitative estimate of drug-likeness (QED) is 0.582. The number of hydrogen-bond donors (Lipinski definition) is 1. The van der Waals surface area contributed by atoms with Crippen LogP contribution in [0.1, 0.15) is 33.6 Å². The van der Waals surface area contributed by atoms with Crippen molar-refractivity contribution in [3.63, 3.8) is 0 Å². The van der Waals surface area contributed by atoms with Crippen LogP contribution in [0.4, 0.5) is 0 Å². The largest absolute Gasteiger partial charge is 0.484 e. The molecule has 5 nitrogen and oxygen atoms in total. The van der Waals surface area contributed by atoms with Gasteiger partial charge in [-0.1, -0.05) is 31.5 Å². The fourth-order valence-electron chi connectivity index (χ4n) is 2.71. The molecule has 0 bridgehead atoms. The molecular weight excluding hydrogens is 318 g/mol. The molecule has 0 aromatic heterocycles. The van der Waals surface area contributed by atoms with Gasteiger partial charge in [-0.3, -0.25) is 9.59 Å². The number of carbonyl (C=O) groups excluding carboxylic acids is 2. The summed E-state index contributed by atoms with van der Waals surface area (Å²) in [5, 5.41) is 2.91. The number of unbranched alkanes of at least 4 members (excludes halogenated alkanes) is 1. The normalized spacial score (nSPS) is 16.0. The summed E-state index contributed by atoms with van der Waals surface area (Å²) in [4.78, 5) is 24.2. The summed E-state index contributed by atoms with van der Waals surface area (Å²) in [5.74, 6) is 0.214. The van der Waals surface area contributed by atoms with Crippen molar-refractivity contribution < 1.29 is 19.1 Å². The van der Waals surface area contributed by atoms with Crippen molar-refractivity contribution in [3.8, 4) is 5.75 Å². The third-order valence-electron chi connectivity index (χ3n) is 4.07. The number of benzene rings is 1. The Morgan fingerprint density at radius 2 is 1.76 bits per heavy atom. The first-order valence-corrected chi connectivity index (χ1v) is 8.52. The summed E-state index contributed by atoms with van der Waals surface area (Å²) < 4.78 is 11.5. The van der Waals surface area contributed by atoms with Crippen LogP contribution in [0.5, 0.6) is 5.75 Å². The zero-order valence-electron chi connectivity index (χ0n) is 15.0.